The lowest BCUT2D eigenvalue weighted by molar-refractivity contribution is -0.115. The monoisotopic (exact) mass is 274 g/mol. The maximum atomic E-state index is 11.7. The van der Waals surface area contributed by atoms with Gasteiger partial charge in [0.15, 0.2) is 0 Å². The Morgan fingerprint density at radius 1 is 0.947 bits per heavy atom. The molecule has 0 atom stereocenters. The van der Waals surface area contributed by atoms with E-state index in [-0.39, 0.29) is 5.91 Å². The number of benzene rings is 2. The predicted molar refractivity (Wildman–Crippen MR) is 79.6 cm³/mol. The molecular formula is C15H15ClN2O. The fourth-order valence-corrected chi connectivity index (χ4v) is 1.76. The lowest BCUT2D eigenvalue weighted by atomic mass is 10.3. The van der Waals surface area contributed by atoms with Gasteiger partial charge in [-0.1, -0.05) is 29.8 Å². The fraction of sp³-hybridized carbons (Fsp3) is 0.133. The first kappa shape index (κ1) is 13.4. The van der Waals surface area contributed by atoms with Crippen LogP contribution >= 0.6 is 11.6 Å². The quantitative estimate of drug-likeness (QED) is 0.871. The molecular weight excluding hydrogens is 260 g/mol. The minimum Gasteiger partial charge on any atom is -0.385 e. The molecule has 0 aliphatic heterocycles. The highest BCUT2D eigenvalue weighted by atomic mass is 35.5. The van der Waals surface area contributed by atoms with Crippen molar-refractivity contribution in [1.82, 2.24) is 0 Å². The van der Waals surface area contributed by atoms with E-state index in [1.807, 2.05) is 30.3 Å². The minimum atomic E-state index is -0.0225. The third kappa shape index (κ3) is 4.64. The summed E-state index contributed by atoms with van der Waals surface area (Å²) in [6.07, 6.45) is 0.414. The number of carbonyl (C=O) groups is 1. The molecule has 0 aliphatic rings. The van der Waals surface area contributed by atoms with Crippen LogP contribution in [0.2, 0.25) is 5.02 Å². The summed E-state index contributed by atoms with van der Waals surface area (Å²) in [4.78, 5) is 11.7. The van der Waals surface area contributed by atoms with Gasteiger partial charge in [0.25, 0.3) is 0 Å². The Bertz CT molecular complexity index is 526. The molecule has 98 valence electrons. The predicted octanol–water partition coefficient (Wildman–Crippen LogP) is 3.78. The van der Waals surface area contributed by atoms with Crippen molar-refractivity contribution < 1.29 is 4.79 Å². The maximum Gasteiger partial charge on any atom is 0.226 e. The fourth-order valence-electron chi connectivity index (χ4n) is 1.63. The van der Waals surface area contributed by atoms with Crippen molar-refractivity contribution in [2.45, 2.75) is 6.42 Å². The van der Waals surface area contributed by atoms with E-state index in [9.17, 15) is 4.79 Å². The zero-order valence-corrected chi connectivity index (χ0v) is 11.2. The molecule has 0 saturated carbocycles. The van der Waals surface area contributed by atoms with Crippen LogP contribution in [-0.4, -0.2) is 12.5 Å². The molecule has 0 fully saturated rings. The van der Waals surface area contributed by atoms with Crippen molar-refractivity contribution in [2.24, 2.45) is 0 Å². The standard InChI is InChI=1S/C15H15ClN2O/c16-12-6-8-14(9-7-12)18-15(19)10-11-17-13-4-2-1-3-5-13/h1-9,17H,10-11H2,(H,18,19). The van der Waals surface area contributed by atoms with E-state index in [1.165, 1.54) is 0 Å². The average Bonchev–Trinajstić information content (AvgIpc) is 2.43. The van der Waals surface area contributed by atoms with Gasteiger partial charge in [0.2, 0.25) is 5.91 Å². The second kappa shape index (κ2) is 6.81. The van der Waals surface area contributed by atoms with Crippen LogP contribution in [0.5, 0.6) is 0 Å². The zero-order chi connectivity index (χ0) is 13.5. The third-order valence-corrected chi connectivity index (χ3v) is 2.83. The molecule has 2 aromatic rings. The second-order valence-electron chi connectivity index (χ2n) is 4.10. The van der Waals surface area contributed by atoms with Gasteiger partial charge in [-0.2, -0.15) is 0 Å². The molecule has 1 amide bonds. The molecule has 0 spiro atoms. The highest BCUT2D eigenvalue weighted by molar-refractivity contribution is 6.30. The Hall–Kier alpha value is -2.00. The topological polar surface area (TPSA) is 41.1 Å². The van der Waals surface area contributed by atoms with E-state index in [4.69, 9.17) is 11.6 Å². The maximum absolute atomic E-state index is 11.7. The summed E-state index contributed by atoms with van der Waals surface area (Å²) in [7, 11) is 0. The van der Waals surface area contributed by atoms with Crippen LogP contribution in [0.15, 0.2) is 54.6 Å². The number of amides is 1. The molecule has 2 aromatic carbocycles. The Morgan fingerprint density at radius 3 is 2.32 bits per heavy atom. The van der Waals surface area contributed by atoms with Crippen molar-refractivity contribution in [3.8, 4) is 0 Å². The van der Waals surface area contributed by atoms with Crippen LogP contribution in [0, 0.1) is 0 Å². The van der Waals surface area contributed by atoms with Crippen molar-refractivity contribution in [3.05, 3.63) is 59.6 Å². The zero-order valence-electron chi connectivity index (χ0n) is 10.4. The molecule has 0 heterocycles. The van der Waals surface area contributed by atoms with Crippen molar-refractivity contribution in [3.63, 3.8) is 0 Å². The van der Waals surface area contributed by atoms with Crippen LogP contribution in [0.25, 0.3) is 0 Å². The number of hydrogen-bond donors (Lipinski definition) is 2. The van der Waals surface area contributed by atoms with Gasteiger partial charge in [-0.15, -0.1) is 0 Å². The molecule has 3 nitrogen and oxygen atoms in total. The molecule has 0 aromatic heterocycles. The summed E-state index contributed by atoms with van der Waals surface area (Å²) in [6, 6.07) is 16.9. The Kier molecular flexibility index (Phi) is 4.81. The first-order chi connectivity index (χ1) is 9.24. The Balaban J connectivity index is 1.74. The molecule has 0 unspecified atom stereocenters. The number of nitrogens with one attached hydrogen (secondary N) is 2. The lowest BCUT2D eigenvalue weighted by Crippen LogP contribution is -2.16. The van der Waals surface area contributed by atoms with Crippen molar-refractivity contribution >= 4 is 28.9 Å². The minimum absolute atomic E-state index is 0.0225. The summed E-state index contributed by atoms with van der Waals surface area (Å²) in [5, 5.41) is 6.66. The first-order valence-electron chi connectivity index (χ1n) is 6.08. The van der Waals surface area contributed by atoms with Crippen LogP contribution in [-0.2, 0) is 4.79 Å². The molecule has 0 bridgehead atoms. The SMILES string of the molecule is O=C(CCNc1ccccc1)Nc1ccc(Cl)cc1. The first-order valence-corrected chi connectivity index (χ1v) is 6.46. The van der Waals surface area contributed by atoms with Crippen LogP contribution in [0.4, 0.5) is 11.4 Å². The molecule has 0 aliphatic carbocycles. The molecule has 2 rings (SSSR count). The molecule has 0 saturated heterocycles. The van der Waals surface area contributed by atoms with Gasteiger partial charge in [-0.25, -0.2) is 0 Å². The highest BCUT2D eigenvalue weighted by Crippen LogP contribution is 2.13. The van der Waals surface area contributed by atoms with Crippen molar-refractivity contribution in [1.29, 1.82) is 0 Å². The highest BCUT2D eigenvalue weighted by Gasteiger charge is 2.01. The average molecular weight is 275 g/mol. The summed E-state index contributed by atoms with van der Waals surface area (Å²) in [5.41, 5.74) is 1.77. The third-order valence-electron chi connectivity index (χ3n) is 2.58. The van der Waals surface area contributed by atoms with Gasteiger partial charge in [0.05, 0.1) is 0 Å². The number of rotatable bonds is 5. The largest absolute Gasteiger partial charge is 0.385 e. The number of carbonyl (C=O) groups excluding carboxylic acids is 1. The summed E-state index contributed by atoms with van der Waals surface area (Å²) in [6.45, 7) is 0.601. The number of anilines is 2. The molecule has 0 radical (unpaired) electrons. The molecule has 19 heavy (non-hydrogen) atoms. The Morgan fingerprint density at radius 2 is 1.63 bits per heavy atom. The van der Waals surface area contributed by atoms with E-state index in [2.05, 4.69) is 10.6 Å². The van der Waals surface area contributed by atoms with Gasteiger partial charge in [0.1, 0.15) is 0 Å². The molecule has 2 N–H and O–H groups in total. The van der Waals surface area contributed by atoms with Crippen LogP contribution < -0.4 is 10.6 Å². The van der Waals surface area contributed by atoms with E-state index >= 15 is 0 Å². The van der Waals surface area contributed by atoms with Gasteiger partial charge in [0, 0.05) is 29.4 Å². The summed E-state index contributed by atoms with van der Waals surface area (Å²) >= 11 is 5.78. The van der Waals surface area contributed by atoms with E-state index < -0.39 is 0 Å². The van der Waals surface area contributed by atoms with Gasteiger partial charge in [-0.3, -0.25) is 4.79 Å². The van der Waals surface area contributed by atoms with Crippen molar-refractivity contribution in [2.75, 3.05) is 17.2 Å². The number of hydrogen-bond acceptors (Lipinski definition) is 2. The van der Waals surface area contributed by atoms with Crippen LogP contribution in [0.1, 0.15) is 6.42 Å². The van der Waals surface area contributed by atoms with E-state index in [0.717, 1.165) is 11.4 Å². The molecule has 4 heteroatoms. The second-order valence-corrected chi connectivity index (χ2v) is 4.53. The van der Waals surface area contributed by atoms with E-state index in [1.54, 1.807) is 24.3 Å². The number of halogens is 1. The summed E-state index contributed by atoms with van der Waals surface area (Å²) in [5.74, 6) is -0.0225. The Labute approximate surface area is 117 Å². The van der Waals surface area contributed by atoms with Gasteiger partial charge in [-0.05, 0) is 36.4 Å². The number of para-hydroxylation sites is 1. The van der Waals surface area contributed by atoms with Gasteiger partial charge >= 0.3 is 0 Å². The smallest absolute Gasteiger partial charge is 0.226 e. The normalized spacial score (nSPS) is 9.95. The van der Waals surface area contributed by atoms with Gasteiger partial charge < -0.3 is 10.6 Å². The van der Waals surface area contributed by atoms with E-state index in [0.29, 0.717) is 18.0 Å². The lowest BCUT2D eigenvalue weighted by Gasteiger charge is -2.07. The summed E-state index contributed by atoms with van der Waals surface area (Å²) < 4.78 is 0. The van der Waals surface area contributed by atoms with Crippen LogP contribution in [0.3, 0.4) is 0 Å².